The number of aromatic nitrogens is 3. The molecule has 2 aromatic heterocycles. The Morgan fingerprint density at radius 1 is 1.00 bits per heavy atom. The number of hydrogen-bond acceptors (Lipinski definition) is 3. The minimum absolute atomic E-state index is 0.0249. The first-order chi connectivity index (χ1) is 12.8. The van der Waals surface area contributed by atoms with Crippen molar-refractivity contribution in [1.29, 1.82) is 0 Å². The van der Waals surface area contributed by atoms with Crippen LogP contribution >= 0.6 is 0 Å². The van der Waals surface area contributed by atoms with Gasteiger partial charge in [-0.3, -0.25) is 9.78 Å². The van der Waals surface area contributed by atoms with Gasteiger partial charge < -0.3 is 9.88 Å². The summed E-state index contributed by atoms with van der Waals surface area (Å²) in [6.45, 7) is 0.703. The van der Waals surface area contributed by atoms with Crippen molar-refractivity contribution in [3.63, 3.8) is 0 Å². The van der Waals surface area contributed by atoms with Gasteiger partial charge in [-0.15, -0.1) is 0 Å². The van der Waals surface area contributed by atoms with Crippen molar-refractivity contribution in [1.82, 2.24) is 15.0 Å². The van der Waals surface area contributed by atoms with Gasteiger partial charge in [0.2, 0.25) is 0 Å². The third-order valence-corrected chi connectivity index (χ3v) is 4.90. The van der Waals surface area contributed by atoms with Crippen LogP contribution in [0.15, 0.2) is 67.3 Å². The van der Waals surface area contributed by atoms with Crippen LogP contribution in [0, 0.1) is 0 Å². The van der Waals surface area contributed by atoms with E-state index in [2.05, 4.69) is 27.1 Å². The smallest absolute Gasteiger partial charge is 0.258 e. The largest absolute Gasteiger partial charge is 0.345 e. The summed E-state index contributed by atoms with van der Waals surface area (Å²) in [5.74, 6) is 0.0249. The molecule has 0 radical (unpaired) electrons. The number of pyridine rings is 1. The SMILES string of the molecule is O=C(c1ccc2nc[nH]c2c1)N1CCc2cc(-c3ccncc3)ccc21. The van der Waals surface area contributed by atoms with E-state index >= 15 is 0 Å². The van der Waals surface area contributed by atoms with Crippen LogP contribution in [0.5, 0.6) is 0 Å². The molecule has 1 N–H and O–H groups in total. The first-order valence-corrected chi connectivity index (χ1v) is 8.58. The first kappa shape index (κ1) is 14.8. The molecule has 0 unspecified atom stereocenters. The molecule has 5 heteroatoms. The van der Waals surface area contributed by atoms with Gasteiger partial charge in [0.05, 0.1) is 17.4 Å². The Morgan fingerprint density at radius 2 is 1.88 bits per heavy atom. The molecule has 0 bridgehead atoms. The molecule has 1 aliphatic heterocycles. The summed E-state index contributed by atoms with van der Waals surface area (Å²) in [6, 6.07) is 15.9. The topological polar surface area (TPSA) is 61.9 Å². The first-order valence-electron chi connectivity index (χ1n) is 8.58. The van der Waals surface area contributed by atoms with E-state index in [9.17, 15) is 4.79 Å². The van der Waals surface area contributed by atoms with Gasteiger partial charge in [0, 0.05) is 30.2 Å². The van der Waals surface area contributed by atoms with E-state index in [0.29, 0.717) is 12.1 Å². The molecule has 0 saturated heterocycles. The number of carbonyl (C=O) groups is 1. The highest BCUT2D eigenvalue weighted by Gasteiger charge is 2.26. The zero-order valence-electron chi connectivity index (χ0n) is 14.0. The Bertz CT molecular complexity index is 1120. The van der Waals surface area contributed by atoms with Crippen LogP contribution < -0.4 is 4.90 Å². The Morgan fingerprint density at radius 3 is 2.77 bits per heavy atom. The minimum atomic E-state index is 0.0249. The van der Waals surface area contributed by atoms with E-state index in [-0.39, 0.29) is 5.91 Å². The van der Waals surface area contributed by atoms with Crippen LogP contribution in [0.3, 0.4) is 0 Å². The van der Waals surface area contributed by atoms with Gasteiger partial charge >= 0.3 is 0 Å². The molecule has 0 fully saturated rings. The van der Waals surface area contributed by atoms with E-state index in [1.54, 1.807) is 18.7 Å². The number of carbonyl (C=O) groups excluding carboxylic acids is 1. The lowest BCUT2D eigenvalue weighted by Crippen LogP contribution is -2.28. The fraction of sp³-hybridized carbons (Fsp3) is 0.0952. The fourth-order valence-electron chi connectivity index (χ4n) is 3.56. The van der Waals surface area contributed by atoms with Crippen molar-refractivity contribution in [2.75, 3.05) is 11.4 Å². The predicted molar refractivity (Wildman–Crippen MR) is 101 cm³/mol. The van der Waals surface area contributed by atoms with Crippen LogP contribution in [0.25, 0.3) is 22.2 Å². The summed E-state index contributed by atoms with van der Waals surface area (Å²) >= 11 is 0. The number of H-pyrrole nitrogens is 1. The average molecular weight is 340 g/mol. The third kappa shape index (κ3) is 2.37. The summed E-state index contributed by atoms with van der Waals surface area (Å²) in [4.78, 5) is 26.2. The van der Waals surface area contributed by atoms with Crippen LogP contribution in [-0.4, -0.2) is 27.4 Å². The zero-order valence-corrected chi connectivity index (χ0v) is 14.0. The van der Waals surface area contributed by atoms with Gasteiger partial charge in [-0.2, -0.15) is 0 Å². The maximum absolute atomic E-state index is 13.0. The molecule has 0 spiro atoms. The van der Waals surface area contributed by atoms with Gasteiger partial charge in [0.25, 0.3) is 5.91 Å². The van der Waals surface area contributed by atoms with Crippen molar-refractivity contribution in [3.8, 4) is 11.1 Å². The van der Waals surface area contributed by atoms with E-state index in [1.807, 2.05) is 41.3 Å². The second-order valence-corrected chi connectivity index (χ2v) is 6.42. The standard InChI is InChI=1S/C21H16N4O/c26-21(17-1-3-18-19(12-17)24-13-23-18)25-10-7-16-11-15(2-4-20(16)25)14-5-8-22-9-6-14/h1-6,8-9,11-13H,7,10H2,(H,23,24). The maximum atomic E-state index is 13.0. The van der Waals surface area contributed by atoms with Crippen molar-refractivity contribution < 1.29 is 4.79 Å². The normalized spacial score (nSPS) is 13.2. The van der Waals surface area contributed by atoms with Crippen LogP contribution in [0.4, 0.5) is 5.69 Å². The number of rotatable bonds is 2. The number of amides is 1. The van der Waals surface area contributed by atoms with E-state index in [1.165, 1.54) is 5.56 Å². The quantitative estimate of drug-likeness (QED) is 0.603. The highest BCUT2D eigenvalue weighted by molar-refractivity contribution is 6.08. The van der Waals surface area contributed by atoms with Crippen molar-refractivity contribution in [3.05, 3.63) is 78.4 Å². The van der Waals surface area contributed by atoms with E-state index in [0.717, 1.165) is 34.3 Å². The molecule has 0 aliphatic carbocycles. The maximum Gasteiger partial charge on any atom is 0.258 e. The number of hydrogen-bond donors (Lipinski definition) is 1. The van der Waals surface area contributed by atoms with E-state index < -0.39 is 0 Å². The van der Waals surface area contributed by atoms with Gasteiger partial charge in [0.1, 0.15) is 0 Å². The molecule has 26 heavy (non-hydrogen) atoms. The summed E-state index contributed by atoms with van der Waals surface area (Å²) in [5.41, 5.74) is 6.91. The molecule has 0 saturated carbocycles. The summed E-state index contributed by atoms with van der Waals surface area (Å²) in [5, 5.41) is 0. The molecule has 1 amide bonds. The molecule has 1 aliphatic rings. The molecule has 0 atom stereocenters. The van der Waals surface area contributed by atoms with Gasteiger partial charge in [-0.05, 0) is 65.6 Å². The molecular weight excluding hydrogens is 324 g/mol. The molecule has 5 nitrogen and oxygen atoms in total. The molecule has 126 valence electrons. The minimum Gasteiger partial charge on any atom is -0.345 e. The number of nitrogens with one attached hydrogen (secondary N) is 1. The lowest BCUT2D eigenvalue weighted by molar-refractivity contribution is 0.0989. The van der Waals surface area contributed by atoms with Gasteiger partial charge in [0.15, 0.2) is 0 Å². The molecule has 5 rings (SSSR count). The highest BCUT2D eigenvalue weighted by atomic mass is 16.2. The zero-order chi connectivity index (χ0) is 17.5. The lowest BCUT2D eigenvalue weighted by atomic mass is 10.0. The monoisotopic (exact) mass is 340 g/mol. The Labute approximate surface area is 150 Å². The van der Waals surface area contributed by atoms with Crippen LogP contribution in [0.2, 0.25) is 0 Å². The third-order valence-electron chi connectivity index (χ3n) is 4.90. The number of fused-ring (bicyclic) bond motifs is 2. The predicted octanol–water partition coefficient (Wildman–Crippen LogP) is 3.83. The van der Waals surface area contributed by atoms with Gasteiger partial charge in [-0.25, -0.2) is 4.98 Å². The van der Waals surface area contributed by atoms with Crippen LogP contribution in [0.1, 0.15) is 15.9 Å². The summed E-state index contributed by atoms with van der Waals surface area (Å²) in [7, 11) is 0. The number of nitrogens with zero attached hydrogens (tertiary/aromatic N) is 3. The number of imidazole rings is 1. The number of benzene rings is 2. The highest BCUT2D eigenvalue weighted by Crippen LogP contribution is 2.33. The van der Waals surface area contributed by atoms with Crippen LogP contribution in [-0.2, 0) is 6.42 Å². The number of aromatic amines is 1. The molecule has 2 aromatic carbocycles. The summed E-state index contributed by atoms with van der Waals surface area (Å²) in [6.07, 6.45) is 6.10. The fourth-order valence-corrected chi connectivity index (χ4v) is 3.56. The Balaban J connectivity index is 1.48. The van der Waals surface area contributed by atoms with Crippen molar-refractivity contribution in [2.45, 2.75) is 6.42 Å². The van der Waals surface area contributed by atoms with Gasteiger partial charge in [-0.1, -0.05) is 6.07 Å². The number of anilines is 1. The Kier molecular flexibility index (Phi) is 3.31. The lowest BCUT2D eigenvalue weighted by Gasteiger charge is -2.18. The van der Waals surface area contributed by atoms with E-state index in [4.69, 9.17) is 0 Å². The summed E-state index contributed by atoms with van der Waals surface area (Å²) < 4.78 is 0. The van der Waals surface area contributed by atoms with Crippen molar-refractivity contribution in [2.24, 2.45) is 0 Å². The Hall–Kier alpha value is -3.47. The molecule has 3 heterocycles. The second-order valence-electron chi connectivity index (χ2n) is 6.42. The van der Waals surface area contributed by atoms with Crippen molar-refractivity contribution >= 4 is 22.6 Å². The molecule has 4 aromatic rings. The average Bonchev–Trinajstić information content (AvgIpc) is 3.33. The molecular formula is C21H16N4O. The second kappa shape index (κ2) is 5.81.